The summed E-state index contributed by atoms with van der Waals surface area (Å²) in [6.07, 6.45) is 7.26. The molecule has 2 aromatic heterocycles. The molecule has 9 heteroatoms. The molecule has 0 saturated carbocycles. The predicted octanol–water partition coefficient (Wildman–Crippen LogP) is 3.30. The molecule has 2 aliphatic heterocycles. The zero-order valence-electron chi connectivity index (χ0n) is 17.8. The number of thiocarbonyl (C=S) groups is 1. The van der Waals surface area contributed by atoms with Crippen molar-refractivity contribution in [2.75, 3.05) is 26.3 Å². The number of nitrogens with zero attached hydrogens (tertiary/aromatic N) is 4. The highest BCUT2D eigenvalue weighted by Crippen LogP contribution is 2.35. The molecule has 168 valence electrons. The van der Waals surface area contributed by atoms with Crippen molar-refractivity contribution in [1.82, 2.24) is 19.4 Å². The number of benzene rings is 1. The van der Waals surface area contributed by atoms with E-state index >= 15 is 0 Å². The summed E-state index contributed by atoms with van der Waals surface area (Å²) in [5.41, 5.74) is 2.77. The molecule has 2 amide bonds. The van der Waals surface area contributed by atoms with Crippen LogP contribution in [0.15, 0.2) is 59.9 Å². The predicted molar refractivity (Wildman–Crippen MR) is 132 cm³/mol. The number of morpholine rings is 1. The van der Waals surface area contributed by atoms with Crippen LogP contribution in [0, 0.1) is 0 Å². The van der Waals surface area contributed by atoms with E-state index in [1.165, 1.54) is 11.8 Å². The summed E-state index contributed by atoms with van der Waals surface area (Å²) in [7, 11) is 0. The van der Waals surface area contributed by atoms with Crippen molar-refractivity contribution >= 4 is 57.1 Å². The Hall–Kier alpha value is -3.01. The Kier molecular flexibility index (Phi) is 6.26. The average molecular weight is 479 g/mol. The summed E-state index contributed by atoms with van der Waals surface area (Å²) < 4.78 is 7.84. The van der Waals surface area contributed by atoms with Crippen molar-refractivity contribution in [3.8, 4) is 0 Å². The first-order valence-electron chi connectivity index (χ1n) is 10.7. The zero-order valence-corrected chi connectivity index (χ0v) is 19.5. The van der Waals surface area contributed by atoms with E-state index < -0.39 is 0 Å². The van der Waals surface area contributed by atoms with Crippen LogP contribution in [-0.2, 0) is 27.4 Å². The van der Waals surface area contributed by atoms with Gasteiger partial charge >= 0.3 is 0 Å². The van der Waals surface area contributed by atoms with Crippen molar-refractivity contribution in [3.05, 3.63) is 71.0 Å². The number of ether oxygens (including phenoxy) is 1. The van der Waals surface area contributed by atoms with E-state index in [0.29, 0.717) is 42.1 Å². The number of hydrogen-bond donors (Lipinski definition) is 0. The Morgan fingerprint density at radius 3 is 2.79 bits per heavy atom. The van der Waals surface area contributed by atoms with Gasteiger partial charge in [-0.2, -0.15) is 0 Å². The molecule has 1 aromatic carbocycles. The SMILES string of the molecule is O=C(Cn1cc(/C=C2\SC(=S)N(Cc3cccnc3)C2=O)c2ccccc21)N1CCOCC1. The number of thioether (sulfide) groups is 1. The molecule has 0 radical (unpaired) electrons. The average Bonchev–Trinajstić information content (AvgIpc) is 3.32. The number of carbonyl (C=O) groups excluding carboxylic acids is 2. The minimum absolute atomic E-state index is 0.0633. The molecule has 33 heavy (non-hydrogen) atoms. The first kappa shape index (κ1) is 21.8. The molecule has 0 N–H and O–H groups in total. The number of rotatable bonds is 5. The molecule has 0 atom stereocenters. The number of fused-ring (bicyclic) bond motifs is 1. The maximum atomic E-state index is 13.1. The summed E-state index contributed by atoms with van der Waals surface area (Å²) in [6.45, 7) is 3.02. The molecule has 0 bridgehead atoms. The fraction of sp³-hybridized carbons (Fsp3) is 0.250. The third kappa shape index (κ3) is 4.57. The van der Waals surface area contributed by atoms with E-state index in [1.807, 2.05) is 58.1 Å². The van der Waals surface area contributed by atoms with Crippen molar-refractivity contribution in [3.63, 3.8) is 0 Å². The lowest BCUT2D eigenvalue weighted by molar-refractivity contribution is -0.135. The minimum Gasteiger partial charge on any atom is -0.378 e. The lowest BCUT2D eigenvalue weighted by Crippen LogP contribution is -2.42. The molecular formula is C24H22N4O3S2. The van der Waals surface area contributed by atoms with Gasteiger partial charge in [0, 0.05) is 48.1 Å². The van der Waals surface area contributed by atoms with Crippen molar-refractivity contribution in [2.45, 2.75) is 13.1 Å². The van der Waals surface area contributed by atoms with Crippen LogP contribution < -0.4 is 0 Å². The normalized spacial score (nSPS) is 18.0. The quantitative estimate of drug-likeness (QED) is 0.414. The van der Waals surface area contributed by atoms with Gasteiger partial charge in [0.15, 0.2) is 0 Å². The Morgan fingerprint density at radius 1 is 1.18 bits per heavy atom. The fourth-order valence-electron chi connectivity index (χ4n) is 4.03. The molecule has 3 aromatic rings. The fourth-order valence-corrected chi connectivity index (χ4v) is 5.28. The summed E-state index contributed by atoms with van der Waals surface area (Å²) in [6, 6.07) is 11.7. The van der Waals surface area contributed by atoms with Crippen LogP contribution in [0.25, 0.3) is 17.0 Å². The topological polar surface area (TPSA) is 67.7 Å². The van der Waals surface area contributed by atoms with Crippen LogP contribution in [0.3, 0.4) is 0 Å². The van der Waals surface area contributed by atoms with Crippen LogP contribution in [0.1, 0.15) is 11.1 Å². The minimum atomic E-state index is -0.116. The van der Waals surface area contributed by atoms with E-state index in [0.717, 1.165) is 22.0 Å². The van der Waals surface area contributed by atoms with E-state index in [2.05, 4.69) is 4.98 Å². The second kappa shape index (κ2) is 9.46. The van der Waals surface area contributed by atoms with E-state index in [-0.39, 0.29) is 18.4 Å². The summed E-state index contributed by atoms with van der Waals surface area (Å²) in [5, 5.41) is 0.991. The number of para-hydroxylation sites is 1. The molecular weight excluding hydrogens is 456 g/mol. The zero-order chi connectivity index (χ0) is 22.8. The number of carbonyl (C=O) groups is 2. The molecule has 0 spiro atoms. The third-order valence-electron chi connectivity index (χ3n) is 5.71. The highest BCUT2D eigenvalue weighted by molar-refractivity contribution is 8.26. The maximum absolute atomic E-state index is 13.1. The Bertz CT molecular complexity index is 1250. The first-order chi connectivity index (χ1) is 16.1. The van der Waals surface area contributed by atoms with Gasteiger partial charge in [0.1, 0.15) is 10.9 Å². The van der Waals surface area contributed by atoms with E-state index in [9.17, 15) is 9.59 Å². The number of hydrogen-bond acceptors (Lipinski definition) is 6. The highest BCUT2D eigenvalue weighted by atomic mass is 32.2. The second-order valence-electron chi connectivity index (χ2n) is 7.85. The Balaban J connectivity index is 1.41. The monoisotopic (exact) mass is 478 g/mol. The van der Waals surface area contributed by atoms with Gasteiger partial charge in [-0.25, -0.2) is 0 Å². The molecule has 4 heterocycles. The third-order valence-corrected chi connectivity index (χ3v) is 7.09. The standard InChI is InChI=1S/C24H22N4O3S2/c29-22(26-8-10-31-11-9-26)16-27-15-18(19-5-1-2-6-20(19)27)12-21-23(30)28(24(32)33-21)14-17-4-3-7-25-13-17/h1-7,12-13,15H,8-11,14,16H2/b21-12-. The first-order valence-corrected chi connectivity index (χ1v) is 11.9. The van der Waals surface area contributed by atoms with Crippen molar-refractivity contribution in [1.29, 1.82) is 0 Å². The van der Waals surface area contributed by atoms with Crippen LogP contribution in [0.2, 0.25) is 0 Å². The molecule has 0 unspecified atom stereocenters. The molecule has 5 rings (SSSR count). The van der Waals surface area contributed by atoms with Gasteiger partial charge in [-0.05, 0) is 23.8 Å². The van der Waals surface area contributed by atoms with E-state index in [4.69, 9.17) is 17.0 Å². The van der Waals surface area contributed by atoms with E-state index in [1.54, 1.807) is 17.3 Å². The van der Waals surface area contributed by atoms with Gasteiger partial charge in [0.05, 0.1) is 24.7 Å². The van der Waals surface area contributed by atoms with Gasteiger partial charge < -0.3 is 14.2 Å². The Morgan fingerprint density at radius 2 is 2.00 bits per heavy atom. The summed E-state index contributed by atoms with van der Waals surface area (Å²) in [5.74, 6) is -0.0523. The van der Waals surface area contributed by atoms with Crippen molar-refractivity contribution < 1.29 is 14.3 Å². The van der Waals surface area contributed by atoms with Gasteiger partial charge in [0.25, 0.3) is 5.91 Å². The maximum Gasteiger partial charge on any atom is 0.266 e. The highest BCUT2D eigenvalue weighted by Gasteiger charge is 2.32. The van der Waals surface area contributed by atoms with Crippen LogP contribution >= 0.6 is 24.0 Å². The van der Waals surface area contributed by atoms with Gasteiger partial charge in [-0.1, -0.05) is 48.2 Å². The molecule has 2 saturated heterocycles. The molecule has 7 nitrogen and oxygen atoms in total. The molecule has 2 aliphatic rings. The van der Waals surface area contributed by atoms with Crippen LogP contribution in [0.4, 0.5) is 0 Å². The number of aromatic nitrogens is 2. The second-order valence-corrected chi connectivity index (χ2v) is 9.53. The van der Waals surface area contributed by atoms with Gasteiger partial charge in [-0.3, -0.25) is 19.5 Å². The lowest BCUT2D eigenvalue weighted by atomic mass is 10.1. The van der Waals surface area contributed by atoms with Gasteiger partial charge in [-0.15, -0.1) is 0 Å². The number of amides is 2. The van der Waals surface area contributed by atoms with Crippen molar-refractivity contribution in [2.24, 2.45) is 0 Å². The summed E-state index contributed by atoms with van der Waals surface area (Å²) >= 11 is 6.78. The molecule has 0 aliphatic carbocycles. The largest absolute Gasteiger partial charge is 0.378 e. The lowest BCUT2D eigenvalue weighted by Gasteiger charge is -2.27. The molecule has 2 fully saturated rings. The van der Waals surface area contributed by atoms with Crippen LogP contribution in [-0.4, -0.2) is 61.8 Å². The van der Waals surface area contributed by atoms with Crippen LogP contribution in [0.5, 0.6) is 0 Å². The van der Waals surface area contributed by atoms with Gasteiger partial charge in [0.2, 0.25) is 5.91 Å². The summed E-state index contributed by atoms with van der Waals surface area (Å²) in [4.78, 5) is 34.1. The smallest absolute Gasteiger partial charge is 0.266 e. The Labute approximate surface area is 201 Å². The number of pyridine rings is 1.